The van der Waals surface area contributed by atoms with Crippen LogP contribution < -0.4 is 10.5 Å². The molecule has 0 spiro atoms. The maximum absolute atomic E-state index is 5.93. The van der Waals surface area contributed by atoms with Crippen LogP contribution in [0.2, 0.25) is 0 Å². The Hall–Kier alpha value is -0.580. The highest BCUT2D eigenvalue weighted by atomic mass is 79.9. The van der Waals surface area contributed by atoms with E-state index in [4.69, 9.17) is 10.5 Å². The Kier molecular flexibility index (Phi) is 5.25. The molecule has 0 radical (unpaired) electrons. The summed E-state index contributed by atoms with van der Waals surface area (Å²) >= 11 is 3.63. The van der Waals surface area contributed by atoms with Gasteiger partial charge in [-0.2, -0.15) is 0 Å². The SMILES string of the molecule is COc1ccc(Br)c(CN2C(C)CCCC2CN)c1. The predicted molar refractivity (Wildman–Crippen MR) is 82.4 cm³/mol. The molecule has 1 aromatic rings. The Morgan fingerprint density at radius 2 is 2.21 bits per heavy atom. The van der Waals surface area contributed by atoms with Gasteiger partial charge in [0.1, 0.15) is 5.75 Å². The quantitative estimate of drug-likeness (QED) is 0.923. The Bertz CT molecular complexity index is 425. The molecule has 2 N–H and O–H groups in total. The van der Waals surface area contributed by atoms with E-state index in [2.05, 4.69) is 39.9 Å². The first kappa shape index (κ1) is 14.8. The monoisotopic (exact) mass is 326 g/mol. The Labute approximate surface area is 124 Å². The van der Waals surface area contributed by atoms with Crippen LogP contribution >= 0.6 is 15.9 Å². The summed E-state index contributed by atoms with van der Waals surface area (Å²) in [4.78, 5) is 2.53. The number of nitrogens with zero attached hydrogens (tertiary/aromatic N) is 1. The van der Waals surface area contributed by atoms with Crippen LogP contribution in [0.5, 0.6) is 5.75 Å². The lowest BCUT2D eigenvalue weighted by atomic mass is 9.95. The van der Waals surface area contributed by atoms with Crippen LogP contribution in [-0.4, -0.2) is 30.6 Å². The first-order valence-corrected chi connectivity index (χ1v) is 7.73. The fourth-order valence-corrected chi connectivity index (χ4v) is 3.25. The third-order valence-corrected chi connectivity index (χ3v) is 4.85. The van der Waals surface area contributed by atoms with Crippen molar-refractivity contribution in [1.29, 1.82) is 0 Å². The number of ether oxygens (including phenoxy) is 1. The van der Waals surface area contributed by atoms with E-state index in [1.54, 1.807) is 7.11 Å². The number of piperidine rings is 1. The standard InChI is InChI=1S/C15H23BrN2O/c1-11-4-3-5-13(9-17)18(11)10-12-8-14(19-2)6-7-15(12)16/h6-8,11,13H,3-5,9-10,17H2,1-2H3. The average Bonchev–Trinajstić information content (AvgIpc) is 2.43. The minimum absolute atomic E-state index is 0.502. The first-order valence-electron chi connectivity index (χ1n) is 6.94. The molecule has 4 heteroatoms. The van der Waals surface area contributed by atoms with E-state index < -0.39 is 0 Å². The van der Waals surface area contributed by atoms with E-state index in [-0.39, 0.29) is 0 Å². The highest BCUT2D eigenvalue weighted by Crippen LogP contribution is 2.29. The van der Waals surface area contributed by atoms with Crippen molar-refractivity contribution in [1.82, 2.24) is 4.90 Å². The normalized spacial score (nSPS) is 24.4. The van der Waals surface area contributed by atoms with Crippen LogP contribution in [0.25, 0.3) is 0 Å². The molecule has 19 heavy (non-hydrogen) atoms. The number of likely N-dealkylation sites (tertiary alicyclic amines) is 1. The first-order chi connectivity index (χ1) is 9.15. The molecule has 3 nitrogen and oxygen atoms in total. The fraction of sp³-hybridized carbons (Fsp3) is 0.600. The van der Waals surface area contributed by atoms with Crippen molar-refractivity contribution in [2.24, 2.45) is 5.73 Å². The van der Waals surface area contributed by atoms with Crippen LogP contribution in [0, 0.1) is 0 Å². The summed E-state index contributed by atoms with van der Waals surface area (Å²) in [5, 5.41) is 0. The molecule has 2 atom stereocenters. The minimum Gasteiger partial charge on any atom is -0.497 e. The van der Waals surface area contributed by atoms with Gasteiger partial charge in [0.05, 0.1) is 7.11 Å². The molecule has 1 aromatic carbocycles. The van der Waals surface area contributed by atoms with Crippen molar-refractivity contribution in [3.63, 3.8) is 0 Å². The van der Waals surface area contributed by atoms with Gasteiger partial charge < -0.3 is 10.5 Å². The van der Waals surface area contributed by atoms with E-state index >= 15 is 0 Å². The van der Waals surface area contributed by atoms with Crippen molar-refractivity contribution in [3.8, 4) is 5.75 Å². The molecule has 106 valence electrons. The molecule has 1 aliphatic heterocycles. The van der Waals surface area contributed by atoms with Crippen molar-refractivity contribution >= 4 is 15.9 Å². The number of methoxy groups -OCH3 is 1. The number of halogens is 1. The minimum atomic E-state index is 0.502. The van der Waals surface area contributed by atoms with E-state index in [1.165, 1.54) is 24.8 Å². The van der Waals surface area contributed by atoms with Gasteiger partial charge in [-0.15, -0.1) is 0 Å². The van der Waals surface area contributed by atoms with Crippen LogP contribution in [0.15, 0.2) is 22.7 Å². The number of nitrogens with two attached hydrogens (primary N) is 1. The lowest BCUT2D eigenvalue weighted by Crippen LogP contribution is -2.48. The number of benzene rings is 1. The summed E-state index contributed by atoms with van der Waals surface area (Å²) in [6.45, 7) is 3.97. The molecule has 0 aliphatic carbocycles. The molecular formula is C15H23BrN2O. The lowest BCUT2D eigenvalue weighted by Gasteiger charge is -2.40. The maximum atomic E-state index is 5.93. The van der Waals surface area contributed by atoms with Gasteiger partial charge in [0.15, 0.2) is 0 Å². The second kappa shape index (κ2) is 6.73. The zero-order chi connectivity index (χ0) is 13.8. The fourth-order valence-electron chi connectivity index (χ4n) is 2.87. The van der Waals surface area contributed by atoms with Crippen LogP contribution in [0.4, 0.5) is 0 Å². The van der Waals surface area contributed by atoms with Crippen LogP contribution in [0.1, 0.15) is 31.7 Å². The Morgan fingerprint density at radius 1 is 1.42 bits per heavy atom. The third-order valence-electron chi connectivity index (χ3n) is 4.07. The van der Waals surface area contributed by atoms with Crippen molar-refractivity contribution in [2.45, 2.75) is 44.8 Å². The van der Waals surface area contributed by atoms with Crippen LogP contribution in [-0.2, 0) is 6.54 Å². The molecule has 1 fully saturated rings. The molecule has 0 aromatic heterocycles. The zero-order valence-corrected chi connectivity index (χ0v) is 13.3. The smallest absolute Gasteiger partial charge is 0.119 e. The third kappa shape index (κ3) is 3.50. The second-order valence-electron chi connectivity index (χ2n) is 5.30. The molecule has 0 bridgehead atoms. The summed E-state index contributed by atoms with van der Waals surface area (Å²) in [6.07, 6.45) is 3.76. The van der Waals surface area contributed by atoms with Gasteiger partial charge in [-0.25, -0.2) is 0 Å². The van der Waals surface area contributed by atoms with Gasteiger partial charge in [0.2, 0.25) is 0 Å². The highest BCUT2D eigenvalue weighted by molar-refractivity contribution is 9.10. The zero-order valence-electron chi connectivity index (χ0n) is 11.7. The highest BCUT2D eigenvalue weighted by Gasteiger charge is 2.27. The van der Waals surface area contributed by atoms with Gasteiger partial charge in [0.25, 0.3) is 0 Å². The Morgan fingerprint density at radius 3 is 2.89 bits per heavy atom. The van der Waals surface area contributed by atoms with E-state index in [9.17, 15) is 0 Å². The topological polar surface area (TPSA) is 38.5 Å². The molecule has 1 heterocycles. The van der Waals surface area contributed by atoms with Crippen molar-refractivity contribution < 1.29 is 4.74 Å². The molecule has 0 saturated carbocycles. The predicted octanol–water partition coefficient (Wildman–Crippen LogP) is 3.16. The Balaban J connectivity index is 2.18. The molecule has 1 saturated heterocycles. The van der Waals surface area contributed by atoms with Gasteiger partial charge in [-0.3, -0.25) is 4.90 Å². The van der Waals surface area contributed by atoms with Crippen molar-refractivity contribution in [2.75, 3.05) is 13.7 Å². The number of hydrogen-bond acceptors (Lipinski definition) is 3. The summed E-state index contributed by atoms with van der Waals surface area (Å²) < 4.78 is 6.46. The maximum Gasteiger partial charge on any atom is 0.119 e. The lowest BCUT2D eigenvalue weighted by molar-refractivity contribution is 0.0889. The van der Waals surface area contributed by atoms with Gasteiger partial charge in [0, 0.05) is 29.6 Å². The van der Waals surface area contributed by atoms with E-state index in [0.717, 1.165) is 23.3 Å². The summed E-state index contributed by atoms with van der Waals surface area (Å²) in [5.74, 6) is 0.909. The molecular weight excluding hydrogens is 304 g/mol. The molecule has 2 rings (SSSR count). The summed E-state index contributed by atoms with van der Waals surface area (Å²) in [5.41, 5.74) is 7.20. The summed E-state index contributed by atoms with van der Waals surface area (Å²) in [6, 6.07) is 7.24. The molecule has 0 amide bonds. The van der Waals surface area contributed by atoms with Gasteiger partial charge in [-0.1, -0.05) is 22.4 Å². The van der Waals surface area contributed by atoms with Gasteiger partial charge in [-0.05, 0) is 43.5 Å². The largest absolute Gasteiger partial charge is 0.497 e. The average molecular weight is 327 g/mol. The van der Waals surface area contributed by atoms with Crippen LogP contribution in [0.3, 0.4) is 0 Å². The molecule has 1 aliphatic rings. The number of rotatable bonds is 4. The summed E-state index contributed by atoms with van der Waals surface area (Å²) in [7, 11) is 1.71. The number of hydrogen-bond donors (Lipinski definition) is 1. The van der Waals surface area contributed by atoms with Crippen molar-refractivity contribution in [3.05, 3.63) is 28.2 Å². The molecule has 2 unspecified atom stereocenters. The van der Waals surface area contributed by atoms with E-state index in [1.807, 2.05) is 6.07 Å². The van der Waals surface area contributed by atoms with Gasteiger partial charge >= 0.3 is 0 Å². The second-order valence-corrected chi connectivity index (χ2v) is 6.15. The van der Waals surface area contributed by atoms with E-state index in [0.29, 0.717) is 12.1 Å².